The zero-order chi connectivity index (χ0) is 14.5. The number of anilines is 1. The van der Waals surface area contributed by atoms with Gasteiger partial charge in [0.05, 0.1) is 4.92 Å². The fraction of sp³-hybridized carbons (Fsp3) is 0.273. The van der Waals surface area contributed by atoms with Crippen molar-refractivity contribution in [3.05, 3.63) is 28.3 Å². The molecule has 6 nitrogen and oxygen atoms in total. The van der Waals surface area contributed by atoms with E-state index in [9.17, 15) is 10.1 Å². The van der Waals surface area contributed by atoms with E-state index < -0.39 is 4.92 Å². The molecule has 0 radical (unpaired) electrons. The molecule has 1 aromatic carbocycles. The summed E-state index contributed by atoms with van der Waals surface area (Å²) in [5, 5.41) is 22.1. The Kier molecular flexibility index (Phi) is 5.21. The Morgan fingerprint density at radius 1 is 1.35 bits per heavy atom. The number of benzene rings is 1. The van der Waals surface area contributed by atoms with Crippen LogP contribution in [0.25, 0.3) is 0 Å². The van der Waals surface area contributed by atoms with Crippen LogP contribution in [0.2, 0.25) is 0 Å². The average Bonchev–Trinajstić information content (AvgIpc) is 2.86. The van der Waals surface area contributed by atoms with Gasteiger partial charge >= 0.3 is 0 Å². The molecule has 0 atom stereocenters. The first kappa shape index (κ1) is 15.1. The summed E-state index contributed by atoms with van der Waals surface area (Å²) in [4.78, 5) is 11.3. The van der Waals surface area contributed by atoms with Gasteiger partial charge in [0.25, 0.3) is 5.69 Å². The van der Waals surface area contributed by atoms with Gasteiger partial charge in [-0.1, -0.05) is 34.9 Å². The van der Waals surface area contributed by atoms with Gasteiger partial charge < -0.3 is 5.32 Å². The standard InChI is InChI=1S/C11H12N4O2S3/c1-3-12-7-4-8(15(16)17)6-9(5-7)19-11-14-13-10(18-2)20-11/h4-6,12H,3H2,1-2H3. The molecule has 0 bridgehead atoms. The number of nitro groups is 1. The maximum absolute atomic E-state index is 11.0. The molecule has 0 saturated carbocycles. The second kappa shape index (κ2) is 6.91. The third-order valence-electron chi connectivity index (χ3n) is 2.25. The number of non-ortho nitro benzene ring substituents is 1. The number of thioether (sulfide) groups is 1. The summed E-state index contributed by atoms with van der Waals surface area (Å²) >= 11 is 4.39. The molecule has 2 aromatic rings. The minimum atomic E-state index is -0.391. The summed E-state index contributed by atoms with van der Waals surface area (Å²) in [6.07, 6.45) is 1.94. The van der Waals surface area contributed by atoms with E-state index in [1.165, 1.54) is 40.9 Å². The minimum absolute atomic E-state index is 0.0700. The number of hydrogen-bond donors (Lipinski definition) is 1. The molecule has 0 spiro atoms. The number of aromatic nitrogens is 2. The smallest absolute Gasteiger partial charge is 0.272 e. The van der Waals surface area contributed by atoms with Gasteiger partial charge in [-0.05, 0) is 19.2 Å². The zero-order valence-corrected chi connectivity index (χ0v) is 13.3. The molecule has 106 valence electrons. The Labute approximate surface area is 128 Å². The van der Waals surface area contributed by atoms with E-state index in [4.69, 9.17) is 0 Å². The van der Waals surface area contributed by atoms with Crippen LogP contribution in [0.15, 0.2) is 31.8 Å². The van der Waals surface area contributed by atoms with Gasteiger partial charge in [0.1, 0.15) is 0 Å². The van der Waals surface area contributed by atoms with Crippen LogP contribution in [-0.4, -0.2) is 27.9 Å². The highest BCUT2D eigenvalue weighted by Gasteiger charge is 2.12. The van der Waals surface area contributed by atoms with Crippen molar-refractivity contribution in [3.63, 3.8) is 0 Å². The van der Waals surface area contributed by atoms with E-state index in [0.717, 1.165) is 19.3 Å². The second-order valence-electron chi connectivity index (χ2n) is 3.64. The first-order chi connectivity index (χ1) is 9.62. The van der Waals surface area contributed by atoms with Crippen LogP contribution in [0.3, 0.4) is 0 Å². The van der Waals surface area contributed by atoms with Gasteiger partial charge in [-0.2, -0.15) is 0 Å². The van der Waals surface area contributed by atoms with Crippen LogP contribution in [0, 0.1) is 10.1 Å². The fourth-order valence-corrected chi connectivity index (χ4v) is 3.98. The van der Waals surface area contributed by atoms with Gasteiger partial charge in [-0.3, -0.25) is 10.1 Å². The zero-order valence-electron chi connectivity index (χ0n) is 10.8. The Bertz CT molecular complexity index is 617. The Balaban J connectivity index is 2.27. The molecule has 0 aliphatic heterocycles. The molecule has 1 aromatic heterocycles. The van der Waals surface area contributed by atoms with Crippen molar-refractivity contribution in [2.24, 2.45) is 0 Å². The van der Waals surface area contributed by atoms with Gasteiger partial charge in [-0.25, -0.2) is 0 Å². The van der Waals surface area contributed by atoms with Crippen molar-refractivity contribution >= 4 is 46.2 Å². The summed E-state index contributed by atoms with van der Waals surface area (Å²) in [5.74, 6) is 0. The normalized spacial score (nSPS) is 10.5. The number of rotatable bonds is 6. The van der Waals surface area contributed by atoms with Crippen LogP contribution < -0.4 is 5.32 Å². The van der Waals surface area contributed by atoms with Gasteiger partial charge in [0.15, 0.2) is 8.68 Å². The lowest BCUT2D eigenvalue weighted by Gasteiger charge is -2.05. The summed E-state index contributed by atoms with van der Waals surface area (Å²) in [7, 11) is 0. The van der Waals surface area contributed by atoms with Crippen molar-refractivity contribution in [1.29, 1.82) is 0 Å². The van der Waals surface area contributed by atoms with E-state index in [1.807, 2.05) is 19.2 Å². The van der Waals surface area contributed by atoms with Crippen LogP contribution in [0.5, 0.6) is 0 Å². The Morgan fingerprint density at radius 3 is 2.70 bits per heavy atom. The third-order valence-corrected chi connectivity index (χ3v) is 5.17. The predicted octanol–water partition coefficient (Wildman–Crippen LogP) is 3.75. The van der Waals surface area contributed by atoms with Crippen molar-refractivity contribution in [1.82, 2.24) is 10.2 Å². The SMILES string of the molecule is CCNc1cc(Sc2nnc(SC)s2)cc([N+](=O)[O-])c1. The highest BCUT2D eigenvalue weighted by atomic mass is 32.2. The Hall–Kier alpha value is -1.32. The summed E-state index contributed by atoms with van der Waals surface area (Å²) in [5.41, 5.74) is 0.805. The van der Waals surface area contributed by atoms with E-state index in [0.29, 0.717) is 6.54 Å². The predicted molar refractivity (Wildman–Crippen MR) is 83.1 cm³/mol. The lowest BCUT2D eigenvalue weighted by Crippen LogP contribution is -1.98. The molecule has 0 unspecified atom stereocenters. The van der Waals surface area contributed by atoms with E-state index in [1.54, 1.807) is 6.07 Å². The molecular formula is C11H12N4O2S3. The second-order valence-corrected chi connectivity index (χ2v) is 6.99. The van der Waals surface area contributed by atoms with E-state index >= 15 is 0 Å². The third kappa shape index (κ3) is 3.84. The van der Waals surface area contributed by atoms with E-state index in [2.05, 4.69) is 15.5 Å². The lowest BCUT2D eigenvalue weighted by atomic mass is 10.3. The largest absolute Gasteiger partial charge is 0.385 e. The molecule has 9 heteroatoms. The van der Waals surface area contributed by atoms with Crippen LogP contribution in [0.4, 0.5) is 11.4 Å². The highest BCUT2D eigenvalue weighted by molar-refractivity contribution is 8.03. The van der Waals surface area contributed by atoms with Crippen molar-refractivity contribution in [2.45, 2.75) is 20.5 Å². The maximum atomic E-state index is 11.0. The molecule has 20 heavy (non-hydrogen) atoms. The van der Waals surface area contributed by atoms with Gasteiger partial charge in [-0.15, -0.1) is 10.2 Å². The first-order valence-electron chi connectivity index (χ1n) is 5.71. The highest BCUT2D eigenvalue weighted by Crippen LogP contribution is 2.35. The average molecular weight is 328 g/mol. The molecule has 1 heterocycles. The molecule has 0 fully saturated rings. The van der Waals surface area contributed by atoms with Crippen LogP contribution in [0.1, 0.15) is 6.92 Å². The minimum Gasteiger partial charge on any atom is -0.385 e. The van der Waals surface area contributed by atoms with E-state index in [-0.39, 0.29) is 5.69 Å². The molecule has 0 aliphatic carbocycles. The number of nitrogens with one attached hydrogen (secondary N) is 1. The van der Waals surface area contributed by atoms with Crippen molar-refractivity contribution in [3.8, 4) is 0 Å². The van der Waals surface area contributed by atoms with Crippen LogP contribution in [-0.2, 0) is 0 Å². The topological polar surface area (TPSA) is 81.0 Å². The molecule has 2 rings (SSSR count). The lowest BCUT2D eigenvalue weighted by molar-refractivity contribution is -0.385. The van der Waals surface area contributed by atoms with Gasteiger partial charge in [0.2, 0.25) is 0 Å². The Morgan fingerprint density at radius 2 is 2.10 bits per heavy atom. The van der Waals surface area contributed by atoms with Crippen molar-refractivity contribution in [2.75, 3.05) is 18.1 Å². The quantitative estimate of drug-likeness (QED) is 0.491. The van der Waals surface area contributed by atoms with Crippen molar-refractivity contribution < 1.29 is 4.92 Å². The molecule has 0 aliphatic rings. The monoisotopic (exact) mass is 328 g/mol. The molecular weight excluding hydrogens is 316 g/mol. The van der Waals surface area contributed by atoms with Crippen LogP contribution >= 0.6 is 34.9 Å². The number of hydrogen-bond acceptors (Lipinski definition) is 8. The number of nitrogens with zero attached hydrogens (tertiary/aromatic N) is 3. The molecule has 0 saturated heterocycles. The summed E-state index contributed by atoms with van der Waals surface area (Å²) < 4.78 is 1.65. The first-order valence-corrected chi connectivity index (χ1v) is 8.57. The maximum Gasteiger partial charge on any atom is 0.272 e. The summed E-state index contributed by atoms with van der Waals surface area (Å²) in [6, 6.07) is 4.95. The molecule has 0 amide bonds. The number of nitro benzene ring substituents is 1. The fourth-order valence-electron chi connectivity index (χ4n) is 1.48. The van der Waals surface area contributed by atoms with Gasteiger partial charge in [0, 0.05) is 29.3 Å². The summed E-state index contributed by atoms with van der Waals surface area (Å²) in [6.45, 7) is 2.65. The molecule has 1 N–H and O–H groups in total.